The minimum Gasteiger partial charge on any atom is -0.462 e. The highest BCUT2D eigenvalue weighted by atomic mass is 32.1. The Hall–Kier alpha value is -3.45. The van der Waals surface area contributed by atoms with Crippen LogP contribution in [0.3, 0.4) is 0 Å². The first-order valence-electron chi connectivity index (χ1n) is 10.3. The number of rotatable bonds is 7. The smallest absolute Gasteiger partial charge is 0.341 e. The monoisotopic (exact) mass is 450 g/mol. The number of thiophene rings is 1. The lowest BCUT2D eigenvalue weighted by molar-refractivity contribution is -0.115. The Labute approximate surface area is 191 Å². The molecule has 0 saturated heterocycles. The van der Waals surface area contributed by atoms with Crippen molar-refractivity contribution in [3.8, 4) is 0 Å². The highest BCUT2D eigenvalue weighted by Gasteiger charge is 2.27. The van der Waals surface area contributed by atoms with Crippen LogP contribution in [-0.2, 0) is 16.0 Å². The van der Waals surface area contributed by atoms with Gasteiger partial charge in [-0.25, -0.2) is 4.79 Å². The molecule has 2 aromatic carbocycles. The van der Waals surface area contributed by atoms with E-state index in [4.69, 9.17) is 4.74 Å². The first-order valence-corrected chi connectivity index (χ1v) is 11.1. The van der Waals surface area contributed by atoms with Gasteiger partial charge in [-0.15, -0.1) is 11.3 Å². The molecule has 0 unspecified atom stereocenters. The van der Waals surface area contributed by atoms with Crippen molar-refractivity contribution in [2.24, 2.45) is 0 Å². The van der Waals surface area contributed by atoms with Gasteiger partial charge in [0.15, 0.2) is 0 Å². The number of aryl methyl sites for hydroxylation is 2. The summed E-state index contributed by atoms with van der Waals surface area (Å²) < 4.78 is 5.18. The molecule has 0 fully saturated rings. The number of hydrogen-bond donors (Lipinski definition) is 2. The summed E-state index contributed by atoms with van der Waals surface area (Å²) >= 11 is 1.07. The number of nitrogens with one attached hydrogen (secondary N) is 2. The van der Waals surface area contributed by atoms with E-state index in [1.165, 1.54) is 0 Å². The summed E-state index contributed by atoms with van der Waals surface area (Å²) in [6, 6.07) is 15.1. The second-order valence-electron chi connectivity index (χ2n) is 7.46. The number of carbonyl (C=O) groups excluding carboxylic acids is 3. The molecule has 32 heavy (non-hydrogen) atoms. The molecule has 6 nitrogen and oxygen atoms in total. The van der Waals surface area contributed by atoms with E-state index in [2.05, 4.69) is 10.6 Å². The lowest BCUT2D eigenvalue weighted by Gasteiger charge is -2.09. The molecule has 1 heterocycles. The zero-order chi connectivity index (χ0) is 23.3. The van der Waals surface area contributed by atoms with E-state index in [9.17, 15) is 14.4 Å². The van der Waals surface area contributed by atoms with Gasteiger partial charge in [-0.05, 0) is 50.5 Å². The zero-order valence-corrected chi connectivity index (χ0v) is 19.4. The largest absolute Gasteiger partial charge is 0.462 e. The lowest BCUT2D eigenvalue weighted by atomic mass is 10.1. The van der Waals surface area contributed by atoms with Crippen LogP contribution in [0.4, 0.5) is 10.7 Å². The van der Waals surface area contributed by atoms with Crippen LogP contribution in [0.1, 0.15) is 49.2 Å². The maximum atomic E-state index is 13.0. The normalized spacial score (nSPS) is 10.5. The molecule has 0 aliphatic rings. The van der Waals surface area contributed by atoms with Crippen molar-refractivity contribution in [1.82, 2.24) is 0 Å². The molecule has 3 aromatic rings. The fourth-order valence-electron chi connectivity index (χ4n) is 3.35. The van der Waals surface area contributed by atoms with Crippen LogP contribution in [0.2, 0.25) is 0 Å². The van der Waals surface area contributed by atoms with Crippen LogP contribution < -0.4 is 10.6 Å². The first-order chi connectivity index (χ1) is 15.3. The number of esters is 1. The summed E-state index contributed by atoms with van der Waals surface area (Å²) in [6.45, 7) is 7.49. The van der Waals surface area contributed by atoms with E-state index in [1.54, 1.807) is 13.8 Å². The van der Waals surface area contributed by atoms with Gasteiger partial charge in [0, 0.05) is 5.69 Å². The molecular weight excluding hydrogens is 424 g/mol. The van der Waals surface area contributed by atoms with Crippen molar-refractivity contribution >= 4 is 39.8 Å². The average molecular weight is 451 g/mol. The molecule has 0 aliphatic carbocycles. The van der Waals surface area contributed by atoms with Gasteiger partial charge >= 0.3 is 5.97 Å². The van der Waals surface area contributed by atoms with Crippen molar-refractivity contribution in [3.05, 3.63) is 81.2 Å². The summed E-state index contributed by atoms with van der Waals surface area (Å²) in [5, 5.41) is 6.01. The fourth-order valence-corrected chi connectivity index (χ4v) is 4.46. The second-order valence-corrected chi connectivity index (χ2v) is 8.48. The molecule has 0 atom stereocenters. The number of carbonyl (C=O) groups is 3. The van der Waals surface area contributed by atoms with Gasteiger partial charge < -0.3 is 15.4 Å². The van der Waals surface area contributed by atoms with Gasteiger partial charge in [0.2, 0.25) is 5.91 Å². The maximum Gasteiger partial charge on any atom is 0.341 e. The number of hydrogen-bond acceptors (Lipinski definition) is 5. The van der Waals surface area contributed by atoms with Crippen LogP contribution >= 0.6 is 11.3 Å². The topological polar surface area (TPSA) is 84.5 Å². The van der Waals surface area contributed by atoms with Crippen molar-refractivity contribution in [2.45, 2.75) is 34.1 Å². The Morgan fingerprint density at radius 3 is 2.34 bits per heavy atom. The molecule has 1 aromatic heterocycles. The van der Waals surface area contributed by atoms with E-state index in [1.807, 2.05) is 62.4 Å². The molecule has 2 amide bonds. The standard InChI is InChI=1S/C25H26N2O4S/c1-5-31-25(30)21-17(4)22(23(29)26-19-12-11-15(2)13-16(19)3)32-24(21)27-20(28)14-18-9-7-6-8-10-18/h6-13H,5,14H2,1-4H3,(H,26,29)(H,27,28). The van der Waals surface area contributed by atoms with Crippen LogP contribution in [0, 0.1) is 20.8 Å². The van der Waals surface area contributed by atoms with Crippen molar-refractivity contribution in [3.63, 3.8) is 0 Å². The summed E-state index contributed by atoms with van der Waals surface area (Å²) in [7, 11) is 0. The van der Waals surface area contributed by atoms with Crippen molar-refractivity contribution < 1.29 is 19.1 Å². The molecule has 2 N–H and O–H groups in total. The third-order valence-corrected chi connectivity index (χ3v) is 6.13. The minimum atomic E-state index is -0.568. The summed E-state index contributed by atoms with van der Waals surface area (Å²) in [5.41, 5.74) is 4.27. The second kappa shape index (κ2) is 10.2. The van der Waals surface area contributed by atoms with Crippen LogP contribution in [0.5, 0.6) is 0 Å². The Kier molecular flexibility index (Phi) is 7.43. The Morgan fingerprint density at radius 2 is 1.69 bits per heavy atom. The van der Waals surface area contributed by atoms with Crippen LogP contribution in [0.25, 0.3) is 0 Å². The third-order valence-electron chi connectivity index (χ3n) is 4.92. The highest BCUT2D eigenvalue weighted by molar-refractivity contribution is 7.18. The third kappa shape index (κ3) is 5.42. The van der Waals surface area contributed by atoms with Gasteiger partial charge in [-0.3, -0.25) is 9.59 Å². The Balaban J connectivity index is 1.89. The molecule has 3 rings (SSSR count). The number of amides is 2. The lowest BCUT2D eigenvalue weighted by Crippen LogP contribution is -2.16. The Bertz CT molecular complexity index is 1150. The van der Waals surface area contributed by atoms with Crippen LogP contribution in [0.15, 0.2) is 48.5 Å². The van der Waals surface area contributed by atoms with Gasteiger partial charge in [-0.1, -0.05) is 48.0 Å². The molecule has 0 aliphatic heterocycles. The van der Waals surface area contributed by atoms with E-state index in [0.717, 1.165) is 28.0 Å². The van der Waals surface area contributed by atoms with Crippen LogP contribution in [-0.4, -0.2) is 24.4 Å². The van der Waals surface area contributed by atoms with E-state index in [-0.39, 0.29) is 30.4 Å². The molecular formula is C25H26N2O4S. The minimum absolute atomic E-state index is 0.157. The van der Waals surface area contributed by atoms with E-state index >= 15 is 0 Å². The molecule has 7 heteroatoms. The maximum absolute atomic E-state index is 13.0. The quantitative estimate of drug-likeness (QED) is 0.480. The molecule has 166 valence electrons. The number of ether oxygens (including phenoxy) is 1. The van der Waals surface area contributed by atoms with E-state index < -0.39 is 5.97 Å². The zero-order valence-electron chi connectivity index (χ0n) is 18.6. The predicted octanol–water partition coefficient (Wildman–Crippen LogP) is 5.28. The fraction of sp³-hybridized carbons (Fsp3) is 0.240. The molecule has 0 spiro atoms. The summed E-state index contributed by atoms with van der Waals surface area (Å²) in [5.74, 6) is -1.18. The average Bonchev–Trinajstić information content (AvgIpc) is 3.06. The van der Waals surface area contributed by atoms with Gasteiger partial charge in [0.05, 0.1) is 23.5 Å². The Morgan fingerprint density at radius 1 is 0.969 bits per heavy atom. The highest BCUT2D eigenvalue weighted by Crippen LogP contribution is 2.34. The van der Waals surface area contributed by atoms with Crippen molar-refractivity contribution in [1.29, 1.82) is 0 Å². The van der Waals surface area contributed by atoms with Gasteiger partial charge in [-0.2, -0.15) is 0 Å². The molecule has 0 radical (unpaired) electrons. The molecule has 0 saturated carbocycles. The van der Waals surface area contributed by atoms with Crippen molar-refractivity contribution in [2.75, 3.05) is 17.2 Å². The molecule has 0 bridgehead atoms. The number of anilines is 2. The predicted molar refractivity (Wildman–Crippen MR) is 128 cm³/mol. The SMILES string of the molecule is CCOC(=O)c1c(NC(=O)Cc2ccccc2)sc(C(=O)Nc2ccc(C)cc2C)c1C. The summed E-state index contributed by atoms with van der Waals surface area (Å²) in [6.07, 6.45) is 0.157. The van der Waals surface area contributed by atoms with Gasteiger partial charge in [0.25, 0.3) is 5.91 Å². The van der Waals surface area contributed by atoms with Gasteiger partial charge in [0.1, 0.15) is 5.00 Å². The van der Waals surface area contributed by atoms with E-state index in [0.29, 0.717) is 21.1 Å². The first kappa shape index (κ1) is 23.2. The number of benzene rings is 2. The summed E-state index contributed by atoms with van der Waals surface area (Å²) in [4.78, 5) is 38.6.